The van der Waals surface area contributed by atoms with Crippen molar-refractivity contribution in [2.24, 2.45) is 11.8 Å². The van der Waals surface area contributed by atoms with Crippen LogP contribution in [-0.4, -0.2) is 26.3 Å². The van der Waals surface area contributed by atoms with E-state index < -0.39 is 0 Å². The van der Waals surface area contributed by atoms with Gasteiger partial charge in [0.1, 0.15) is 0 Å². The molecule has 15 heavy (non-hydrogen) atoms. The number of hydrogen-bond acceptors (Lipinski definition) is 2. The summed E-state index contributed by atoms with van der Waals surface area (Å²) < 4.78 is 5.40. The number of hydrogen-bond donors (Lipinski definition) is 1. The van der Waals surface area contributed by atoms with E-state index in [9.17, 15) is 0 Å². The molecule has 0 aromatic rings. The fourth-order valence-electron chi connectivity index (χ4n) is 2.79. The Kier molecular flexibility index (Phi) is 6.26. The summed E-state index contributed by atoms with van der Waals surface area (Å²) in [4.78, 5) is 0. The van der Waals surface area contributed by atoms with Crippen molar-refractivity contribution in [3.05, 3.63) is 0 Å². The molecule has 0 radical (unpaired) electrons. The van der Waals surface area contributed by atoms with E-state index in [1.54, 1.807) is 0 Å². The Morgan fingerprint density at radius 2 is 2.13 bits per heavy atom. The van der Waals surface area contributed by atoms with Crippen LogP contribution in [0.1, 0.15) is 46.0 Å². The van der Waals surface area contributed by atoms with E-state index in [1.165, 1.54) is 32.1 Å². The van der Waals surface area contributed by atoms with Gasteiger partial charge in [-0.15, -0.1) is 0 Å². The van der Waals surface area contributed by atoms with E-state index in [0.29, 0.717) is 0 Å². The third-order valence-corrected chi connectivity index (χ3v) is 3.68. The summed E-state index contributed by atoms with van der Waals surface area (Å²) in [6.45, 7) is 6.26. The topological polar surface area (TPSA) is 21.3 Å². The number of rotatable bonds is 6. The standard InChI is InChI=1S/C13H27NO/c1-4-15-9-5-6-12-10-11(2)7-8-13(12)14-3/h11-14H,4-10H2,1-3H3. The highest BCUT2D eigenvalue weighted by molar-refractivity contribution is 4.82. The second kappa shape index (κ2) is 7.24. The zero-order chi connectivity index (χ0) is 11.1. The van der Waals surface area contributed by atoms with Crippen LogP contribution in [-0.2, 0) is 4.74 Å². The van der Waals surface area contributed by atoms with Gasteiger partial charge >= 0.3 is 0 Å². The maximum atomic E-state index is 5.40. The number of nitrogens with one attached hydrogen (secondary N) is 1. The van der Waals surface area contributed by atoms with Crippen LogP contribution in [0, 0.1) is 11.8 Å². The predicted molar refractivity (Wildman–Crippen MR) is 65.1 cm³/mol. The molecule has 0 aromatic heterocycles. The summed E-state index contributed by atoms with van der Waals surface area (Å²) in [6.07, 6.45) is 6.71. The highest BCUT2D eigenvalue weighted by Gasteiger charge is 2.26. The Labute approximate surface area is 94.8 Å². The third-order valence-electron chi connectivity index (χ3n) is 3.68. The van der Waals surface area contributed by atoms with Crippen LogP contribution in [0.4, 0.5) is 0 Å². The lowest BCUT2D eigenvalue weighted by Gasteiger charge is -2.34. The molecule has 0 bridgehead atoms. The SMILES string of the molecule is CCOCCCC1CC(C)CCC1NC. The monoisotopic (exact) mass is 213 g/mol. The van der Waals surface area contributed by atoms with E-state index in [-0.39, 0.29) is 0 Å². The second-order valence-corrected chi connectivity index (χ2v) is 4.91. The van der Waals surface area contributed by atoms with Gasteiger partial charge in [-0.1, -0.05) is 6.92 Å². The average molecular weight is 213 g/mol. The normalized spacial score (nSPS) is 31.8. The molecule has 1 saturated carbocycles. The summed E-state index contributed by atoms with van der Waals surface area (Å²) in [7, 11) is 2.11. The molecule has 1 fully saturated rings. The summed E-state index contributed by atoms with van der Waals surface area (Å²) in [5.41, 5.74) is 0. The minimum absolute atomic E-state index is 0.753. The van der Waals surface area contributed by atoms with Crippen LogP contribution in [0.15, 0.2) is 0 Å². The molecule has 0 spiro atoms. The lowest BCUT2D eigenvalue weighted by Crippen LogP contribution is -2.38. The molecule has 1 aliphatic carbocycles. The van der Waals surface area contributed by atoms with Gasteiger partial charge in [0.25, 0.3) is 0 Å². The Hall–Kier alpha value is -0.0800. The Bertz CT molecular complexity index is 161. The first kappa shape index (κ1) is 13.0. The lowest BCUT2D eigenvalue weighted by molar-refractivity contribution is 0.128. The maximum Gasteiger partial charge on any atom is 0.0466 e. The molecule has 90 valence electrons. The first-order valence-electron chi connectivity index (χ1n) is 6.53. The minimum atomic E-state index is 0.753. The first-order chi connectivity index (χ1) is 7.27. The molecule has 0 heterocycles. The predicted octanol–water partition coefficient (Wildman–Crippen LogP) is 2.83. The molecule has 0 aliphatic heterocycles. The van der Waals surface area contributed by atoms with Crippen molar-refractivity contribution in [1.29, 1.82) is 0 Å². The van der Waals surface area contributed by atoms with Crippen molar-refractivity contribution < 1.29 is 4.74 Å². The van der Waals surface area contributed by atoms with Gasteiger partial charge < -0.3 is 10.1 Å². The summed E-state index contributed by atoms with van der Waals surface area (Å²) >= 11 is 0. The van der Waals surface area contributed by atoms with Crippen molar-refractivity contribution >= 4 is 0 Å². The van der Waals surface area contributed by atoms with Crippen LogP contribution in [0.2, 0.25) is 0 Å². The summed E-state index contributed by atoms with van der Waals surface area (Å²) in [6, 6.07) is 0.753. The molecule has 1 rings (SSSR count). The van der Waals surface area contributed by atoms with Gasteiger partial charge in [0.15, 0.2) is 0 Å². The van der Waals surface area contributed by atoms with Gasteiger partial charge in [-0.25, -0.2) is 0 Å². The molecular weight excluding hydrogens is 186 g/mol. The van der Waals surface area contributed by atoms with Gasteiger partial charge in [0.05, 0.1) is 0 Å². The van der Waals surface area contributed by atoms with E-state index >= 15 is 0 Å². The van der Waals surface area contributed by atoms with Gasteiger partial charge in [0, 0.05) is 19.3 Å². The number of ether oxygens (including phenoxy) is 1. The smallest absolute Gasteiger partial charge is 0.0466 e. The van der Waals surface area contributed by atoms with E-state index in [2.05, 4.69) is 26.2 Å². The Morgan fingerprint density at radius 1 is 1.33 bits per heavy atom. The molecular formula is C13H27NO. The van der Waals surface area contributed by atoms with Crippen LogP contribution < -0.4 is 5.32 Å². The van der Waals surface area contributed by atoms with Crippen LogP contribution in [0.5, 0.6) is 0 Å². The molecule has 1 aliphatic rings. The molecule has 2 nitrogen and oxygen atoms in total. The van der Waals surface area contributed by atoms with Gasteiger partial charge in [-0.2, -0.15) is 0 Å². The molecule has 0 saturated heterocycles. The summed E-state index contributed by atoms with van der Waals surface area (Å²) in [5, 5.41) is 3.47. The van der Waals surface area contributed by atoms with Crippen molar-refractivity contribution in [2.45, 2.75) is 52.0 Å². The van der Waals surface area contributed by atoms with E-state index in [0.717, 1.165) is 31.1 Å². The molecule has 2 heteroatoms. The van der Waals surface area contributed by atoms with Gasteiger partial charge in [-0.3, -0.25) is 0 Å². The Morgan fingerprint density at radius 3 is 2.80 bits per heavy atom. The van der Waals surface area contributed by atoms with Gasteiger partial charge in [0.2, 0.25) is 0 Å². The van der Waals surface area contributed by atoms with Crippen molar-refractivity contribution in [3.8, 4) is 0 Å². The quantitative estimate of drug-likeness (QED) is 0.685. The fourth-order valence-corrected chi connectivity index (χ4v) is 2.79. The zero-order valence-corrected chi connectivity index (χ0v) is 10.6. The molecule has 1 N–H and O–H groups in total. The third kappa shape index (κ3) is 4.52. The zero-order valence-electron chi connectivity index (χ0n) is 10.6. The maximum absolute atomic E-state index is 5.40. The van der Waals surface area contributed by atoms with E-state index in [4.69, 9.17) is 4.74 Å². The molecule has 3 atom stereocenters. The van der Waals surface area contributed by atoms with Crippen molar-refractivity contribution in [1.82, 2.24) is 5.32 Å². The molecule has 0 aromatic carbocycles. The van der Waals surface area contributed by atoms with Crippen LogP contribution in [0.25, 0.3) is 0 Å². The van der Waals surface area contributed by atoms with Crippen LogP contribution >= 0.6 is 0 Å². The van der Waals surface area contributed by atoms with Gasteiger partial charge in [-0.05, 0) is 57.9 Å². The highest BCUT2D eigenvalue weighted by atomic mass is 16.5. The van der Waals surface area contributed by atoms with Crippen molar-refractivity contribution in [3.63, 3.8) is 0 Å². The van der Waals surface area contributed by atoms with E-state index in [1.807, 2.05) is 0 Å². The lowest BCUT2D eigenvalue weighted by atomic mass is 9.77. The van der Waals surface area contributed by atoms with Crippen LogP contribution in [0.3, 0.4) is 0 Å². The van der Waals surface area contributed by atoms with Crippen molar-refractivity contribution in [2.75, 3.05) is 20.3 Å². The summed E-state index contributed by atoms with van der Waals surface area (Å²) in [5.74, 6) is 1.80. The molecule has 0 amide bonds. The highest BCUT2D eigenvalue weighted by Crippen LogP contribution is 2.31. The molecule has 3 unspecified atom stereocenters. The minimum Gasteiger partial charge on any atom is -0.382 e. The first-order valence-corrected chi connectivity index (χ1v) is 6.53. The largest absolute Gasteiger partial charge is 0.382 e. The fraction of sp³-hybridized carbons (Fsp3) is 1.00. The second-order valence-electron chi connectivity index (χ2n) is 4.91. The Balaban J connectivity index is 2.22. The average Bonchev–Trinajstić information content (AvgIpc) is 2.25.